The van der Waals surface area contributed by atoms with Crippen molar-refractivity contribution in [1.82, 2.24) is 10.0 Å². The first-order chi connectivity index (χ1) is 9.13. The van der Waals surface area contributed by atoms with Crippen LogP contribution >= 0.6 is 0 Å². The number of hydrogen-bond acceptors (Lipinski definition) is 2. The highest BCUT2D eigenvalue weighted by Gasteiger charge is 2.14. The van der Waals surface area contributed by atoms with Gasteiger partial charge in [0.15, 0.2) is 0 Å². The number of carbonyl (C=O) groups excluding carboxylic acids is 2. The minimum Gasteiger partial charge on any atom is -0.277 e. The molecule has 0 spiro atoms. The molecule has 4 heteroatoms. The first-order valence-electron chi connectivity index (χ1n) is 6.04. The molecule has 0 aliphatic rings. The molecule has 2 amide bonds. The first-order valence-corrected chi connectivity index (χ1v) is 6.04. The lowest BCUT2D eigenvalue weighted by atomic mass is 10.0. The lowest BCUT2D eigenvalue weighted by Gasteiger charge is -2.24. The molecule has 0 aliphatic carbocycles. The summed E-state index contributed by atoms with van der Waals surface area (Å²) in [6.07, 6.45) is 0.886. The summed E-state index contributed by atoms with van der Waals surface area (Å²) in [7, 11) is 3.13. The predicted octanol–water partition coefficient (Wildman–Crippen LogP) is 1.84. The zero-order valence-corrected chi connectivity index (χ0v) is 11.0. The fraction of sp³-hybridized carbons (Fsp3) is 0.200. The first kappa shape index (κ1) is 13.1. The molecule has 0 radical (unpaired) electrons. The van der Waals surface area contributed by atoms with Crippen LogP contribution in [0.4, 0.5) is 0 Å². The molecule has 0 saturated heterocycles. The zero-order chi connectivity index (χ0) is 13.8. The van der Waals surface area contributed by atoms with Crippen molar-refractivity contribution in [3.8, 4) is 0 Å². The van der Waals surface area contributed by atoms with Gasteiger partial charge in [-0.15, -0.1) is 0 Å². The number of amides is 2. The molecule has 19 heavy (non-hydrogen) atoms. The molecule has 0 atom stereocenters. The fourth-order valence-electron chi connectivity index (χ4n) is 1.97. The highest BCUT2D eigenvalue weighted by Crippen LogP contribution is 2.19. The quantitative estimate of drug-likeness (QED) is 0.618. The van der Waals surface area contributed by atoms with Crippen molar-refractivity contribution in [2.75, 3.05) is 14.1 Å². The van der Waals surface area contributed by atoms with Crippen LogP contribution in [-0.4, -0.2) is 36.4 Å². The Bertz CT molecular complexity index is 605. The Labute approximate surface area is 112 Å². The van der Waals surface area contributed by atoms with Crippen LogP contribution in [-0.2, 0) is 16.0 Å². The van der Waals surface area contributed by atoms with Gasteiger partial charge in [0.05, 0.1) is 6.42 Å². The van der Waals surface area contributed by atoms with Gasteiger partial charge in [0.2, 0.25) is 12.3 Å². The van der Waals surface area contributed by atoms with Crippen LogP contribution in [0, 0.1) is 0 Å². The van der Waals surface area contributed by atoms with E-state index in [4.69, 9.17) is 0 Å². The zero-order valence-electron chi connectivity index (χ0n) is 11.0. The van der Waals surface area contributed by atoms with E-state index in [1.54, 1.807) is 14.1 Å². The normalized spacial score (nSPS) is 10.2. The van der Waals surface area contributed by atoms with Crippen molar-refractivity contribution in [2.24, 2.45) is 0 Å². The molecular weight excluding hydrogens is 240 g/mol. The lowest BCUT2D eigenvalue weighted by molar-refractivity contribution is -0.150. The molecule has 0 fully saturated rings. The van der Waals surface area contributed by atoms with Crippen LogP contribution in [0.2, 0.25) is 0 Å². The maximum Gasteiger partial charge on any atom is 0.245 e. The van der Waals surface area contributed by atoms with Crippen molar-refractivity contribution in [3.05, 3.63) is 48.0 Å². The van der Waals surface area contributed by atoms with Crippen molar-refractivity contribution in [3.63, 3.8) is 0 Å². The Morgan fingerprint density at radius 3 is 2.53 bits per heavy atom. The maximum absolute atomic E-state index is 12.1. The van der Waals surface area contributed by atoms with Crippen molar-refractivity contribution in [1.29, 1.82) is 0 Å². The molecule has 4 nitrogen and oxygen atoms in total. The van der Waals surface area contributed by atoms with Crippen LogP contribution in [0.25, 0.3) is 10.8 Å². The average Bonchev–Trinajstić information content (AvgIpc) is 2.46. The van der Waals surface area contributed by atoms with E-state index in [0.717, 1.165) is 16.3 Å². The molecule has 0 aromatic heterocycles. The molecule has 2 aromatic carbocycles. The van der Waals surface area contributed by atoms with Gasteiger partial charge in [-0.25, -0.2) is 0 Å². The van der Waals surface area contributed by atoms with Gasteiger partial charge in [0.1, 0.15) is 0 Å². The number of hydrogen-bond donors (Lipinski definition) is 0. The number of carbonyl (C=O) groups is 2. The second kappa shape index (κ2) is 5.52. The summed E-state index contributed by atoms with van der Waals surface area (Å²) >= 11 is 0. The molecule has 0 saturated carbocycles. The third-order valence-corrected chi connectivity index (χ3v) is 3.21. The molecule has 98 valence electrons. The van der Waals surface area contributed by atoms with Crippen LogP contribution in [0.5, 0.6) is 0 Å². The van der Waals surface area contributed by atoms with E-state index in [0.29, 0.717) is 6.41 Å². The van der Waals surface area contributed by atoms with Gasteiger partial charge < -0.3 is 0 Å². The van der Waals surface area contributed by atoms with Crippen LogP contribution in [0.15, 0.2) is 42.5 Å². The Balaban J connectivity index is 2.26. The van der Waals surface area contributed by atoms with Crippen LogP contribution < -0.4 is 0 Å². The van der Waals surface area contributed by atoms with E-state index in [1.165, 1.54) is 10.0 Å². The van der Waals surface area contributed by atoms with E-state index in [2.05, 4.69) is 0 Å². The number of fused-ring (bicyclic) bond motifs is 1. The lowest BCUT2D eigenvalue weighted by Crippen LogP contribution is -2.41. The van der Waals surface area contributed by atoms with Crippen LogP contribution in [0.1, 0.15) is 5.56 Å². The standard InChI is InChI=1S/C15H16N2O2/c1-16(11-18)17(2)15(19)10-13-8-5-7-12-6-3-4-9-14(12)13/h3-9,11H,10H2,1-2H3. The van der Waals surface area contributed by atoms with Crippen molar-refractivity contribution in [2.45, 2.75) is 6.42 Å². The molecule has 0 heterocycles. The van der Waals surface area contributed by atoms with E-state index in [9.17, 15) is 9.59 Å². The largest absolute Gasteiger partial charge is 0.277 e. The Morgan fingerprint density at radius 1 is 1.11 bits per heavy atom. The summed E-state index contributed by atoms with van der Waals surface area (Å²) in [5.74, 6) is -0.119. The summed E-state index contributed by atoms with van der Waals surface area (Å²) in [5, 5.41) is 4.72. The van der Waals surface area contributed by atoms with Gasteiger partial charge in [-0.2, -0.15) is 0 Å². The fourth-order valence-corrected chi connectivity index (χ4v) is 1.97. The van der Waals surface area contributed by atoms with E-state index in [1.807, 2.05) is 42.5 Å². The Hall–Kier alpha value is -2.36. The number of nitrogens with zero attached hydrogens (tertiary/aromatic N) is 2. The average molecular weight is 256 g/mol. The SMILES string of the molecule is CN(C=O)N(C)C(=O)Cc1cccc2ccccc12. The molecule has 0 unspecified atom stereocenters. The third-order valence-electron chi connectivity index (χ3n) is 3.21. The summed E-state index contributed by atoms with van der Waals surface area (Å²) in [6, 6.07) is 13.8. The second-order valence-electron chi connectivity index (χ2n) is 4.41. The van der Waals surface area contributed by atoms with Gasteiger partial charge in [0.25, 0.3) is 0 Å². The van der Waals surface area contributed by atoms with E-state index < -0.39 is 0 Å². The van der Waals surface area contributed by atoms with Crippen molar-refractivity contribution >= 4 is 23.1 Å². The van der Waals surface area contributed by atoms with Crippen LogP contribution in [0.3, 0.4) is 0 Å². The van der Waals surface area contributed by atoms with Crippen molar-refractivity contribution < 1.29 is 9.59 Å². The van der Waals surface area contributed by atoms with E-state index in [-0.39, 0.29) is 12.3 Å². The van der Waals surface area contributed by atoms with E-state index >= 15 is 0 Å². The van der Waals surface area contributed by atoms with Gasteiger partial charge >= 0.3 is 0 Å². The number of hydrazine groups is 1. The molecular formula is C15H16N2O2. The Morgan fingerprint density at radius 2 is 1.79 bits per heavy atom. The highest BCUT2D eigenvalue weighted by atomic mass is 16.2. The third kappa shape index (κ3) is 2.73. The minimum atomic E-state index is -0.119. The van der Waals surface area contributed by atoms with Gasteiger partial charge in [0, 0.05) is 14.1 Å². The molecule has 2 rings (SSSR count). The number of rotatable bonds is 4. The summed E-state index contributed by atoms with van der Waals surface area (Å²) in [4.78, 5) is 22.7. The summed E-state index contributed by atoms with van der Waals surface area (Å²) in [5.41, 5.74) is 0.967. The highest BCUT2D eigenvalue weighted by molar-refractivity contribution is 5.90. The second-order valence-corrected chi connectivity index (χ2v) is 4.41. The minimum absolute atomic E-state index is 0.119. The monoisotopic (exact) mass is 256 g/mol. The Kier molecular flexibility index (Phi) is 3.80. The number of benzene rings is 2. The summed E-state index contributed by atoms with van der Waals surface area (Å²) in [6.45, 7) is 0. The van der Waals surface area contributed by atoms with Gasteiger partial charge in [-0.3, -0.25) is 19.6 Å². The molecule has 0 aliphatic heterocycles. The molecule has 2 aromatic rings. The number of likely N-dealkylation sites (N-methyl/N-ethyl adjacent to an activating group) is 1. The predicted molar refractivity (Wildman–Crippen MR) is 74.2 cm³/mol. The summed E-state index contributed by atoms with van der Waals surface area (Å²) < 4.78 is 0. The smallest absolute Gasteiger partial charge is 0.245 e. The van der Waals surface area contributed by atoms with Gasteiger partial charge in [-0.1, -0.05) is 42.5 Å². The molecule has 0 N–H and O–H groups in total. The topological polar surface area (TPSA) is 40.6 Å². The van der Waals surface area contributed by atoms with Gasteiger partial charge in [-0.05, 0) is 16.3 Å². The molecule has 0 bridgehead atoms. The maximum atomic E-state index is 12.1.